The van der Waals surface area contributed by atoms with Crippen LogP contribution in [0.4, 0.5) is 17.6 Å². The van der Waals surface area contributed by atoms with Gasteiger partial charge in [0.15, 0.2) is 5.82 Å². The maximum Gasteiger partial charge on any atom is 0.245 e. The molecule has 2 aromatic heterocycles. The summed E-state index contributed by atoms with van der Waals surface area (Å²) in [5.74, 6) is 5.24. The Balaban J connectivity index is 1.14. The van der Waals surface area contributed by atoms with Gasteiger partial charge in [-0.3, -0.25) is 9.89 Å². The van der Waals surface area contributed by atoms with Crippen molar-refractivity contribution in [3.63, 3.8) is 0 Å². The van der Waals surface area contributed by atoms with Crippen LogP contribution >= 0.6 is 0 Å². The highest BCUT2D eigenvalue weighted by Crippen LogP contribution is 2.57. The van der Waals surface area contributed by atoms with Gasteiger partial charge in [-0.1, -0.05) is 0 Å². The zero-order valence-electron chi connectivity index (χ0n) is 19.9. The van der Waals surface area contributed by atoms with Crippen molar-refractivity contribution < 1.29 is 4.79 Å². The van der Waals surface area contributed by atoms with Gasteiger partial charge in [-0.25, -0.2) is 4.98 Å². The van der Waals surface area contributed by atoms with Crippen molar-refractivity contribution in [3.8, 4) is 0 Å². The number of H-pyrrole nitrogens is 1. The lowest BCUT2D eigenvalue weighted by Gasteiger charge is -2.32. The molecule has 2 N–H and O–H groups in total. The molecule has 180 valence electrons. The largest absolute Gasteiger partial charge is 0.341 e. The minimum atomic E-state index is -0.129. The van der Waals surface area contributed by atoms with Crippen molar-refractivity contribution >= 4 is 23.5 Å². The minimum absolute atomic E-state index is 0.129. The van der Waals surface area contributed by atoms with Gasteiger partial charge >= 0.3 is 0 Å². The Morgan fingerprint density at radius 1 is 0.971 bits per heavy atom. The fraction of sp³-hybridized carbons (Fsp3) is 0.692. The normalized spacial score (nSPS) is 29.9. The first kappa shape index (κ1) is 20.7. The highest BCUT2D eigenvalue weighted by Gasteiger charge is 2.46. The summed E-state index contributed by atoms with van der Waals surface area (Å²) in [6, 6.07) is 2.05. The summed E-state index contributed by atoms with van der Waals surface area (Å²) in [6.45, 7) is 2.63. The second-order valence-electron chi connectivity index (χ2n) is 11.1. The Morgan fingerprint density at radius 2 is 1.82 bits per heavy atom. The number of hydrogen-bond acceptors (Lipinski definition) is 6. The van der Waals surface area contributed by atoms with E-state index < -0.39 is 0 Å². The van der Waals surface area contributed by atoms with Crippen LogP contribution in [0.3, 0.4) is 0 Å². The molecule has 34 heavy (non-hydrogen) atoms. The molecule has 2 aromatic rings. The number of aryl methyl sites for hydroxylation is 1. The van der Waals surface area contributed by atoms with Crippen LogP contribution in [0.15, 0.2) is 6.07 Å². The Bertz CT molecular complexity index is 1080. The molecule has 0 aromatic carbocycles. The lowest BCUT2D eigenvalue weighted by atomic mass is 10.00. The molecule has 3 atom stereocenters. The molecule has 0 bridgehead atoms. The first-order valence-corrected chi connectivity index (χ1v) is 13.5. The zero-order chi connectivity index (χ0) is 22.6. The fourth-order valence-corrected chi connectivity index (χ4v) is 6.94. The van der Waals surface area contributed by atoms with Crippen LogP contribution in [0.2, 0.25) is 0 Å². The molecule has 5 aliphatic rings. The van der Waals surface area contributed by atoms with Gasteiger partial charge in [0, 0.05) is 42.9 Å². The van der Waals surface area contributed by atoms with Gasteiger partial charge in [0.25, 0.3) is 0 Å². The predicted octanol–water partition coefficient (Wildman–Crippen LogP) is 3.93. The molecular formula is C26H35N7O. The number of aromatic nitrogens is 4. The number of amides is 1. The highest BCUT2D eigenvalue weighted by atomic mass is 16.2. The van der Waals surface area contributed by atoms with Crippen LogP contribution in [-0.4, -0.2) is 56.6 Å². The van der Waals surface area contributed by atoms with E-state index in [0.717, 1.165) is 93.7 Å². The second-order valence-corrected chi connectivity index (χ2v) is 11.1. The number of carbonyl (C=O) groups is 1. The SMILES string of the molecule is O=C(C1CCCN1c1nc2c(c(Nc3cc(C4CC5CC5C4)[nH]n3)n1)CCC2)N1CCCCC1. The molecule has 2 aliphatic heterocycles. The standard InChI is InChI=1S/C26H35N7O/c34-25(32-9-2-1-3-10-32)22-8-5-11-33(22)26-27-20-7-4-6-19(20)24(29-26)28-23-15-21(30-31-23)18-13-16-12-17(16)14-18/h15-18,22H,1-14H2,(H2,27,28,29,30,31). The number of nitrogens with one attached hydrogen (secondary N) is 2. The van der Waals surface area contributed by atoms with Gasteiger partial charge in [-0.15, -0.1) is 0 Å². The summed E-state index contributed by atoms with van der Waals surface area (Å²) in [7, 11) is 0. The molecule has 7 rings (SSSR count). The number of likely N-dealkylation sites (tertiary alicyclic amines) is 1. The summed E-state index contributed by atoms with van der Waals surface area (Å²) in [4.78, 5) is 27.6. The smallest absolute Gasteiger partial charge is 0.245 e. The molecule has 3 unspecified atom stereocenters. The number of anilines is 3. The first-order valence-electron chi connectivity index (χ1n) is 13.5. The van der Waals surface area contributed by atoms with E-state index in [1.54, 1.807) is 0 Å². The van der Waals surface area contributed by atoms with E-state index in [4.69, 9.17) is 9.97 Å². The van der Waals surface area contributed by atoms with Crippen LogP contribution in [0.25, 0.3) is 0 Å². The number of fused-ring (bicyclic) bond motifs is 2. The van der Waals surface area contributed by atoms with Gasteiger partial charge in [0.05, 0.1) is 5.69 Å². The zero-order valence-corrected chi connectivity index (χ0v) is 19.9. The average Bonchev–Trinajstić information content (AvgIpc) is 3.43. The molecule has 1 amide bonds. The monoisotopic (exact) mass is 461 g/mol. The molecule has 4 fully saturated rings. The van der Waals surface area contributed by atoms with Crippen LogP contribution in [0.1, 0.15) is 80.7 Å². The minimum Gasteiger partial charge on any atom is -0.341 e. The maximum atomic E-state index is 13.3. The second kappa shape index (κ2) is 8.24. The number of aromatic amines is 1. The van der Waals surface area contributed by atoms with Crippen molar-refractivity contribution in [1.82, 2.24) is 25.1 Å². The van der Waals surface area contributed by atoms with E-state index in [-0.39, 0.29) is 11.9 Å². The van der Waals surface area contributed by atoms with E-state index in [2.05, 4.69) is 31.4 Å². The summed E-state index contributed by atoms with van der Waals surface area (Å²) < 4.78 is 0. The molecule has 0 radical (unpaired) electrons. The molecule has 4 heterocycles. The van der Waals surface area contributed by atoms with Gasteiger partial charge in [-0.05, 0) is 82.5 Å². The molecule has 3 aliphatic carbocycles. The van der Waals surface area contributed by atoms with Crippen LogP contribution in [0, 0.1) is 11.8 Å². The lowest BCUT2D eigenvalue weighted by molar-refractivity contribution is -0.133. The lowest BCUT2D eigenvalue weighted by Crippen LogP contribution is -2.48. The number of nitrogens with zero attached hydrogens (tertiary/aromatic N) is 5. The Hall–Kier alpha value is -2.64. The topological polar surface area (TPSA) is 90.0 Å². The summed E-state index contributed by atoms with van der Waals surface area (Å²) in [6.07, 6.45) is 12.5. The quantitative estimate of drug-likeness (QED) is 0.701. The summed E-state index contributed by atoms with van der Waals surface area (Å²) in [5.41, 5.74) is 3.61. The molecular weight excluding hydrogens is 426 g/mol. The molecule has 8 heteroatoms. The van der Waals surface area contributed by atoms with E-state index >= 15 is 0 Å². The predicted molar refractivity (Wildman–Crippen MR) is 130 cm³/mol. The molecule has 0 spiro atoms. The van der Waals surface area contributed by atoms with Gasteiger partial charge in [0.1, 0.15) is 11.9 Å². The Labute approximate surface area is 200 Å². The molecule has 2 saturated carbocycles. The van der Waals surface area contributed by atoms with E-state index in [0.29, 0.717) is 11.9 Å². The van der Waals surface area contributed by atoms with Crippen molar-refractivity contribution in [3.05, 3.63) is 23.0 Å². The van der Waals surface area contributed by atoms with Crippen molar-refractivity contribution in [2.75, 3.05) is 29.9 Å². The number of rotatable bonds is 5. The summed E-state index contributed by atoms with van der Waals surface area (Å²) in [5, 5.41) is 11.4. The highest BCUT2D eigenvalue weighted by molar-refractivity contribution is 5.85. The van der Waals surface area contributed by atoms with Crippen molar-refractivity contribution in [2.24, 2.45) is 11.8 Å². The number of piperidine rings is 1. The molecule has 2 saturated heterocycles. The summed E-state index contributed by atoms with van der Waals surface area (Å²) >= 11 is 0. The number of carbonyl (C=O) groups excluding carboxylic acids is 1. The van der Waals surface area contributed by atoms with Crippen molar-refractivity contribution in [1.29, 1.82) is 0 Å². The maximum absolute atomic E-state index is 13.3. The average molecular weight is 462 g/mol. The Kier molecular flexibility index (Phi) is 5.02. The van der Waals surface area contributed by atoms with E-state index in [9.17, 15) is 4.79 Å². The van der Waals surface area contributed by atoms with Gasteiger partial charge in [0.2, 0.25) is 11.9 Å². The fourth-order valence-electron chi connectivity index (χ4n) is 6.94. The Morgan fingerprint density at radius 3 is 2.68 bits per heavy atom. The van der Waals surface area contributed by atoms with Gasteiger partial charge < -0.3 is 15.1 Å². The van der Waals surface area contributed by atoms with Crippen molar-refractivity contribution in [2.45, 2.75) is 82.6 Å². The third-order valence-corrected chi connectivity index (χ3v) is 8.91. The third-order valence-electron chi connectivity index (χ3n) is 8.91. The van der Waals surface area contributed by atoms with E-state index in [1.807, 2.05) is 0 Å². The third kappa shape index (κ3) is 3.66. The molecule has 8 nitrogen and oxygen atoms in total. The van der Waals surface area contributed by atoms with E-state index in [1.165, 1.54) is 36.9 Å². The number of hydrogen-bond donors (Lipinski definition) is 2. The van der Waals surface area contributed by atoms with Crippen LogP contribution < -0.4 is 10.2 Å². The van der Waals surface area contributed by atoms with Crippen LogP contribution in [-0.2, 0) is 17.6 Å². The first-order chi connectivity index (χ1) is 16.7. The van der Waals surface area contributed by atoms with Crippen LogP contribution in [0.5, 0.6) is 0 Å². The van der Waals surface area contributed by atoms with Gasteiger partial charge in [-0.2, -0.15) is 10.1 Å².